The molecule has 0 bridgehead atoms. The van der Waals surface area contributed by atoms with Crippen LogP contribution < -0.4 is 5.32 Å². The highest BCUT2D eigenvalue weighted by Crippen LogP contribution is 2.38. The molecule has 3 heterocycles. The number of aryl methyl sites for hydroxylation is 1. The summed E-state index contributed by atoms with van der Waals surface area (Å²) in [6.07, 6.45) is 7.47. The Labute approximate surface area is 215 Å². The van der Waals surface area contributed by atoms with Gasteiger partial charge in [0.1, 0.15) is 5.82 Å². The monoisotopic (exact) mass is 508 g/mol. The molecule has 6 nitrogen and oxygen atoms in total. The predicted octanol–water partition coefficient (Wildman–Crippen LogP) is 5.29. The second-order valence-electron chi connectivity index (χ2n) is 11.3. The molecular formula is C29H40N4O2S. The molecule has 2 aliphatic heterocycles. The van der Waals surface area contributed by atoms with Gasteiger partial charge < -0.3 is 10.3 Å². The number of nitrogens with one attached hydrogen (secondary N) is 2. The van der Waals surface area contributed by atoms with Crippen molar-refractivity contribution in [2.24, 2.45) is 5.92 Å². The van der Waals surface area contributed by atoms with Crippen LogP contribution >= 0.6 is 0 Å². The Morgan fingerprint density at radius 2 is 1.81 bits per heavy atom. The summed E-state index contributed by atoms with van der Waals surface area (Å²) in [6.45, 7) is 10.3. The van der Waals surface area contributed by atoms with Gasteiger partial charge in [-0.2, -0.15) is 0 Å². The molecule has 2 aromatic carbocycles. The van der Waals surface area contributed by atoms with E-state index in [2.05, 4.69) is 48.1 Å². The standard InChI is InChI=1S/C29H40N4O2S/c1-19(2)15-25-17-22(11-14-33(25)24-9-12-30-13-10-24)23-16-20(3)28-27(18-23)31-29(32-28)21-5-7-26(8-6-21)36(4,34)35/h5-8,16,18-19,22,24-25,30H,9-15,17H2,1-4H3,(H,31,32)/t22?,25-/m1/s1. The second-order valence-corrected chi connectivity index (χ2v) is 13.4. The number of rotatable bonds is 6. The fourth-order valence-corrected chi connectivity index (χ4v) is 6.95. The van der Waals surface area contributed by atoms with Crippen LogP contribution in [0.5, 0.6) is 0 Å². The number of likely N-dealkylation sites (tertiary alicyclic amines) is 1. The normalized spacial score (nSPS) is 22.5. The number of imidazole rings is 1. The van der Waals surface area contributed by atoms with E-state index in [9.17, 15) is 8.42 Å². The number of nitrogens with zero attached hydrogens (tertiary/aromatic N) is 2. The summed E-state index contributed by atoms with van der Waals surface area (Å²) in [5.41, 5.74) is 5.56. The van der Waals surface area contributed by atoms with E-state index in [-0.39, 0.29) is 0 Å². The Morgan fingerprint density at radius 3 is 2.47 bits per heavy atom. The molecule has 2 saturated heterocycles. The van der Waals surface area contributed by atoms with Crippen molar-refractivity contribution in [2.45, 2.75) is 75.8 Å². The van der Waals surface area contributed by atoms with Crippen molar-refractivity contribution < 1.29 is 8.42 Å². The van der Waals surface area contributed by atoms with Gasteiger partial charge in [0.2, 0.25) is 0 Å². The fraction of sp³-hybridized carbons (Fsp3) is 0.552. The number of aromatic amines is 1. The molecule has 2 N–H and O–H groups in total. The van der Waals surface area contributed by atoms with Crippen LogP contribution in [-0.4, -0.2) is 61.3 Å². The van der Waals surface area contributed by atoms with E-state index >= 15 is 0 Å². The van der Waals surface area contributed by atoms with E-state index in [1.54, 1.807) is 12.1 Å². The van der Waals surface area contributed by atoms with Crippen LogP contribution in [0.15, 0.2) is 41.3 Å². The second kappa shape index (κ2) is 10.3. The molecule has 1 aromatic heterocycles. The minimum absolute atomic E-state index is 0.326. The third-order valence-electron chi connectivity index (χ3n) is 8.11. The molecule has 0 radical (unpaired) electrons. The van der Waals surface area contributed by atoms with Crippen molar-refractivity contribution in [1.29, 1.82) is 0 Å². The highest BCUT2D eigenvalue weighted by Gasteiger charge is 2.34. The average Bonchev–Trinajstić information content (AvgIpc) is 3.29. The first-order valence-electron chi connectivity index (χ1n) is 13.5. The number of sulfone groups is 1. The lowest BCUT2D eigenvalue weighted by Crippen LogP contribution is -2.51. The first-order valence-corrected chi connectivity index (χ1v) is 15.4. The lowest BCUT2D eigenvalue weighted by Gasteiger charge is -2.46. The van der Waals surface area contributed by atoms with Gasteiger partial charge in [-0.1, -0.05) is 19.9 Å². The molecule has 7 heteroatoms. The van der Waals surface area contributed by atoms with Gasteiger partial charge in [-0.15, -0.1) is 0 Å². The molecule has 0 saturated carbocycles. The van der Waals surface area contributed by atoms with Gasteiger partial charge in [0.25, 0.3) is 0 Å². The Kier molecular flexibility index (Phi) is 7.25. The summed E-state index contributed by atoms with van der Waals surface area (Å²) in [5, 5.41) is 3.53. The van der Waals surface area contributed by atoms with E-state index < -0.39 is 9.84 Å². The predicted molar refractivity (Wildman–Crippen MR) is 147 cm³/mol. The highest BCUT2D eigenvalue weighted by atomic mass is 32.2. The van der Waals surface area contributed by atoms with E-state index in [0.29, 0.717) is 22.8 Å². The maximum Gasteiger partial charge on any atom is 0.175 e. The zero-order chi connectivity index (χ0) is 25.4. The first-order chi connectivity index (χ1) is 17.2. The molecule has 3 aromatic rings. The van der Waals surface area contributed by atoms with Crippen molar-refractivity contribution in [2.75, 3.05) is 25.9 Å². The van der Waals surface area contributed by atoms with E-state index in [1.165, 1.54) is 56.0 Å². The molecular weight excluding hydrogens is 468 g/mol. The molecule has 5 rings (SSSR count). The molecule has 0 spiro atoms. The highest BCUT2D eigenvalue weighted by molar-refractivity contribution is 7.90. The smallest absolute Gasteiger partial charge is 0.175 e. The largest absolute Gasteiger partial charge is 0.338 e. The van der Waals surface area contributed by atoms with Crippen LogP contribution in [0.4, 0.5) is 0 Å². The van der Waals surface area contributed by atoms with Gasteiger partial charge in [0.05, 0.1) is 15.9 Å². The maximum absolute atomic E-state index is 11.8. The van der Waals surface area contributed by atoms with Gasteiger partial charge >= 0.3 is 0 Å². The van der Waals surface area contributed by atoms with Gasteiger partial charge in [-0.25, -0.2) is 13.4 Å². The number of H-pyrrole nitrogens is 1. The van der Waals surface area contributed by atoms with E-state index in [4.69, 9.17) is 4.98 Å². The summed E-state index contributed by atoms with van der Waals surface area (Å²) in [4.78, 5) is 11.6. The van der Waals surface area contributed by atoms with Gasteiger partial charge in [0.15, 0.2) is 9.84 Å². The van der Waals surface area contributed by atoms with Crippen molar-refractivity contribution in [3.05, 3.63) is 47.5 Å². The molecule has 0 amide bonds. The third kappa shape index (κ3) is 5.38. The molecule has 2 atom stereocenters. The number of hydrogen-bond acceptors (Lipinski definition) is 5. The van der Waals surface area contributed by atoms with Crippen molar-refractivity contribution in [3.8, 4) is 11.4 Å². The number of benzene rings is 2. The van der Waals surface area contributed by atoms with Crippen LogP contribution in [0.1, 0.15) is 63.0 Å². The zero-order valence-corrected chi connectivity index (χ0v) is 22.9. The van der Waals surface area contributed by atoms with Crippen LogP contribution in [0.2, 0.25) is 0 Å². The minimum atomic E-state index is -3.21. The molecule has 2 aliphatic rings. The van der Waals surface area contributed by atoms with Gasteiger partial charge in [-0.3, -0.25) is 4.90 Å². The summed E-state index contributed by atoms with van der Waals surface area (Å²) in [5.74, 6) is 2.05. The van der Waals surface area contributed by atoms with Crippen LogP contribution in [0.3, 0.4) is 0 Å². The fourth-order valence-electron chi connectivity index (χ4n) is 6.32. The Morgan fingerprint density at radius 1 is 1.08 bits per heavy atom. The third-order valence-corrected chi connectivity index (χ3v) is 9.24. The Balaban J connectivity index is 1.40. The average molecular weight is 509 g/mol. The summed E-state index contributed by atoms with van der Waals surface area (Å²) < 4.78 is 23.6. The Hall–Kier alpha value is -2.22. The lowest BCUT2D eigenvalue weighted by molar-refractivity contribution is 0.0562. The van der Waals surface area contributed by atoms with Crippen molar-refractivity contribution >= 4 is 20.9 Å². The van der Waals surface area contributed by atoms with Crippen LogP contribution in [-0.2, 0) is 9.84 Å². The summed E-state index contributed by atoms with van der Waals surface area (Å²) >= 11 is 0. The minimum Gasteiger partial charge on any atom is -0.338 e. The number of piperidine rings is 2. The summed E-state index contributed by atoms with van der Waals surface area (Å²) in [6, 6.07) is 13.0. The maximum atomic E-state index is 11.8. The molecule has 36 heavy (non-hydrogen) atoms. The number of aromatic nitrogens is 2. The molecule has 2 fully saturated rings. The topological polar surface area (TPSA) is 78.1 Å². The molecule has 194 valence electrons. The van der Waals surface area contributed by atoms with Gasteiger partial charge in [0, 0.05) is 23.9 Å². The van der Waals surface area contributed by atoms with E-state index in [1.807, 2.05) is 12.1 Å². The number of hydrogen-bond donors (Lipinski definition) is 2. The first kappa shape index (κ1) is 25.4. The van der Waals surface area contributed by atoms with E-state index in [0.717, 1.165) is 41.6 Å². The number of fused-ring (bicyclic) bond motifs is 1. The van der Waals surface area contributed by atoms with Gasteiger partial charge in [-0.05, 0) is 112 Å². The van der Waals surface area contributed by atoms with Crippen molar-refractivity contribution in [1.82, 2.24) is 20.2 Å². The molecule has 1 unspecified atom stereocenters. The SMILES string of the molecule is Cc1cc(C2CCN(C3CCNCC3)[C@H](CC(C)C)C2)cc2[nH]c(-c3ccc(S(C)(=O)=O)cc3)nc12. The van der Waals surface area contributed by atoms with Crippen LogP contribution in [0, 0.1) is 12.8 Å². The Bertz CT molecular complexity index is 1310. The van der Waals surface area contributed by atoms with Crippen molar-refractivity contribution in [3.63, 3.8) is 0 Å². The lowest BCUT2D eigenvalue weighted by atomic mass is 9.80. The van der Waals surface area contributed by atoms with Crippen LogP contribution in [0.25, 0.3) is 22.4 Å². The molecule has 0 aliphatic carbocycles. The zero-order valence-electron chi connectivity index (χ0n) is 22.0. The quantitative estimate of drug-likeness (QED) is 0.473. The summed E-state index contributed by atoms with van der Waals surface area (Å²) in [7, 11) is -3.21.